The largest absolute Gasteiger partial charge is 0.381 e. The van der Waals surface area contributed by atoms with E-state index in [2.05, 4.69) is 31.5 Å². The Hall–Kier alpha value is -1.04. The third-order valence-electron chi connectivity index (χ3n) is 3.16. The number of imidazole rings is 1. The average molecular weight is 243 g/mol. The fourth-order valence-electron chi connectivity index (χ4n) is 1.66. The number of thiol groups is 1. The van der Waals surface area contributed by atoms with Crippen LogP contribution < -0.4 is 0 Å². The highest BCUT2D eigenvalue weighted by Gasteiger charge is 2.26. The summed E-state index contributed by atoms with van der Waals surface area (Å²) < 4.78 is 1.78. The number of nitro groups is 1. The Labute approximate surface area is 100 Å². The van der Waals surface area contributed by atoms with Crippen LogP contribution in [0.3, 0.4) is 0 Å². The van der Waals surface area contributed by atoms with Crippen molar-refractivity contribution >= 4 is 18.4 Å². The molecule has 0 spiro atoms. The van der Waals surface area contributed by atoms with Crippen molar-refractivity contribution in [2.75, 3.05) is 5.75 Å². The van der Waals surface area contributed by atoms with Gasteiger partial charge in [-0.1, -0.05) is 13.8 Å². The number of hydrogen-bond donors (Lipinski definition) is 1. The fourth-order valence-corrected chi connectivity index (χ4v) is 2.21. The summed E-state index contributed by atoms with van der Waals surface area (Å²) >= 11 is 4.37. The van der Waals surface area contributed by atoms with E-state index in [0.29, 0.717) is 0 Å². The van der Waals surface area contributed by atoms with Crippen LogP contribution in [0.4, 0.5) is 5.82 Å². The van der Waals surface area contributed by atoms with Crippen molar-refractivity contribution in [1.29, 1.82) is 0 Å². The molecular formula is C10H17N3O2S. The van der Waals surface area contributed by atoms with Crippen LogP contribution in [0, 0.1) is 15.5 Å². The van der Waals surface area contributed by atoms with Gasteiger partial charge in [-0.2, -0.15) is 12.6 Å². The van der Waals surface area contributed by atoms with Gasteiger partial charge in [-0.05, 0) is 33.9 Å². The van der Waals surface area contributed by atoms with Gasteiger partial charge in [-0.15, -0.1) is 0 Å². The summed E-state index contributed by atoms with van der Waals surface area (Å²) in [5.41, 5.74) is 0.0949. The van der Waals surface area contributed by atoms with Gasteiger partial charge in [0.05, 0.1) is 0 Å². The van der Waals surface area contributed by atoms with Gasteiger partial charge in [-0.3, -0.25) is 0 Å². The summed E-state index contributed by atoms with van der Waals surface area (Å²) in [5.74, 6) is 0.673. The molecule has 0 saturated carbocycles. The van der Waals surface area contributed by atoms with Gasteiger partial charge >= 0.3 is 5.82 Å². The molecule has 0 unspecified atom stereocenters. The van der Waals surface area contributed by atoms with Gasteiger partial charge < -0.3 is 14.7 Å². The molecule has 0 radical (unpaired) electrons. The normalized spacial score (nSPS) is 11.7. The van der Waals surface area contributed by atoms with Crippen molar-refractivity contribution in [1.82, 2.24) is 9.55 Å². The molecule has 0 aliphatic rings. The summed E-state index contributed by atoms with van der Waals surface area (Å²) in [6.45, 7) is 4.96. The fraction of sp³-hybridized carbons (Fsp3) is 0.700. The second kappa shape index (κ2) is 5.34. The van der Waals surface area contributed by atoms with Gasteiger partial charge in [0.1, 0.15) is 6.20 Å². The zero-order valence-electron chi connectivity index (χ0n) is 9.59. The third kappa shape index (κ3) is 2.75. The topological polar surface area (TPSA) is 61.0 Å². The minimum absolute atomic E-state index is 0.0949. The predicted octanol–water partition coefficient (Wildman–Crippen LogP) is 2.53. The van der Waals surface area contributed by atoms with E-state index in [4.69, 9.17) is 0 Å². The minimum atomic E-state index is -0.475. The van der Waals surface area contributed by atoms with Crippen LogP contribution in [0.15, 0.2) is 12.5 Å². The predicted molar refractivity (Wildman–Crippen MR) is 65.7 cm³/mol. The van der Waals surface area contributed by atoms with E-state index in [1.165, 1.54) is 12.5 Å². The zero-order valence-corrected chi connectivity index (χ0v) is 10.5. The zero-order chi connectivity index (χ0) is 12.2. The molecule has 16 heavy (non-hydrogen) atoms. The minimum Gasteiger partial charge on any atom is -0.358 e. The summed E-state index contributed by atoms with van der Waals surface area (Å²) in [4.78, 5) is 13.8. The second-order valence-electron chi connectivity index (χ2n) is 4.03. The Morgan fingerprint density at radius 3 is 2.56 bits per heavy atom. The first kappa shape index (κ1) is 13.0. The molecule has 0 bridgehead atoms. The highest BCUT2D eigenvalue weighted by atomic mass is 32.1. The van der Waals surface area contributed by atoms with E-state index >= 15 is 0 Å². The van der Waals surface area contributed by atoms with E-state index in [1.54, 1.807) is 4.57 Å². The summed E-state index contributed by atoms with van der Waals surface area (Å²) in [5, 5.41) is 10.5. The van der Waals surface area contributed by atoms with E-state index in [1.807, 2.05) is 0 Å². The van der Waals surface area contributed by atoms with E-state index < -0.39 is 4.92 Å². The number of nitrogens with zero attached hydrogens (tertiary/aromatic N) is 3. The maximum Gasteiger partial charge on any atom is 0.381 e. The van der Waals surface area contributed by atoms with Crippen molar-refractivity contribution in [2.45, 2.75) is 33.2 Å². The molecule has 1 aromatic heterocycles. The van der Waals surface area contributed by atoms with Crippen LogP contribution >= 0.6 is 12.6 Å². The molecule has 0 fully saturated rings. The van der Waals surface area contributed by atoms with Crippen molar-refractivity contribution in [2.24, 2.45) is 5.41 Å². The van der Waals surface area contributed by atoms with Crippen LogP contribution in [0.2, 0.25) is 0 Å². The molecule has 6 heteroatoms. The Kier molecular flexibility index (Phi) is 4.35. The molecule has 0 atom stereocenters. The van der Waals surface area contributed by atoms with Gasteiger partial charge in [0.2, 0.25) is 6.33 Å². The smallest absolute Gasteiger partial charge is 0.358 e. The summed E-state index contributed by atoms with van der Waals surface area (Å²) in [6, 6.07) is 0. The molecule has 5 nitrogen and oxygen atoms in total. The van der Waals surface area contributed by atoms with Crippen LogP contribution in [0.25, 0.3) is 0 Å². The van der Waals surface area contributed by atoms with Crippen LogP contribution in [0.1, 0.15) is 26.7 Å². The summed E-state index contributed by atoms with van der Waals surface area (Å²) in [7, 11) is 0. The number of hydrogen-bond acceptors (Lipinski definition) is 4. The molecule has 0 saturated heterocycles. The van der Waals surface area contributed by atoms with Gasteiger partial charge in [-0.25, -0.2) is 0 Å². The molecule has 1 aromatic rings. The van der Waals surface area contributed by atoms with E-state index in [9.17, 15) is 10.1 Å². The quantitative estimate of drug-likeness (QED) is 0.474. The van der Waals surface area contributed by atoms with Crippen molar-refractivity contribution in [3.8, 4) is 0 Å². The second-order valence-corrected chi connectivity index (χ2v) is 4.34. The Morgan fingerprint density at radius 1 is 1.56 bits per heavy atom. The van der Waals surface area contributed by atoms with Gasteiger partial charge in [0.25, 0.3) is 0 Å². The average Bonchev–Trinajstić information content (AvgIpc) is 2.74. The standard InChI is InChI=1S/C10H17N3O2S/c1-3-10(4-2,7-16)6-12-5-9(11-8-12)13(14)15/h5,8,16H,3-4,6-7H2,1-2H3. The molecule has 0 N–H and O–H groups in total. The Bertz CT molecular complexity index is 352. The Morgan fingerprint density at radius 2 is 2.19 bits per heavy atom. The first-order valence-electron chi connectivity index (χ1n) is 5.34. The van der Waals surface area contributed by atoms with E-state index in [0.717, 1.165) is 25.1 Å². The third-order valence-corrected chi connectivity index (χ3v) is 3.83. The molecule has 0 aliphatic heterocycles. The van der Waals surface area contributed by atoms with Crippen molar-refractivity contribution < 1.29 is 4.92 Å². The lowest BCUT2D eigenvalue weighted by Crippen LogP contribution is -2.27. The van der Waals surface area contributed by atoms with Crippen LogP contribution in [0.5, 0.6) is 0 Å². The lowest BCUT2D eigenvalue weighted by Gasteiger charge is -2.29. The maximum atomic E-state index is 10.5. The van der Waals surface area contributed by atoms with Gasteiger partial charge in [0, 0.05) is 6.54 Å². The maximum absolute atomic E-state index is 10.5. The van der Waals surface area contributed by atoms with Crippen LogP contribution in [-0.2, 0) is 6.54 Å². The molecular weight excluding hydrogens is 226 g/mol. The first-order valence-corrected chi connectivity index (χ1v) is 5.97. The molecule has 0 amide bonds. The number of rotatable bonds is 6. The first-order chi connectivity index (χ1) is 7.56. The number of aromatic nitrogens is 2. The van der Waals surface area contributed by atoms with Crippen molar-refractivity contribution in [3.63, 3.8) is 0 Å². The lowest BCUT2D eigenvalue weighted by atomic mass is 9.84. The molecule has 90 valence electrons. The molecule has 0 aliphatic carbocycles. The molecule has 1 rings (SSSR count). The SMILES string of the molecule is CCC(CC)(CS)Cn1cnc([N+](=O)[O-])c1. The Balaban J connectivity index is 2.81. The van der Waals surface area contributed by atoms with Crippen molar-refractivity contribution in [3.05, 3.63) is 22.6 Å². The molecule has 0 aromatic carbocycles. The highest BCUT2D eigenvalue weighted by molar-refractivity contribution is 7.80. The lowest BCUT2D eigenvalue weighted by molar-refractivity contribution is -0.389. The van der Waals surface area contributed by atoms with E-state index in [-0.39, 0.29) is 11.2 Å². The van der Waals surface area contributed by atoms with Gasteiger partial charge in [0.15, 0.2) is 0 Å². The molecule has 1 heterocycles. The van der Waals surface area contributed by atoms with Crippen LogP contribution in [-0.4, -0.2) is 20.2 Å². The highest BCUT2D eigenvalue weighted by Crippen LogP contribution is 2.30. The monoisotopic (exact) mass is 243 g/mol. The summed E-state index contributed by atoms with van der Waals surface area (Å²) in [6.07, 6.45) is 4.99.